The summed E-state index contributed by atoms with van der Waals surface area (Å²) in [5.74, 6) is 0.0541. The Kier molecular flexibility index (Phi) is 6.94. The molecule has 2 rings (SSSR count). The molecule has 7 heteroatoms. The highest BCUT2D eigenvalue weighted by atomic mass is 28.4. The van der Waals surface area contributed by atoms with E-state index in [1.165, 1.54) is 31.4 Å². The molecule has 0 N–H and O–H groups in total. The molecule has 1 heterocycles. The van der Waals surface area contributed by atoms with Crippen LogP contribution in [-0.4, -0.2) is 50.9 Å². The number of carbonyl (C=O) groups is 2. The predicted molar refractivity (Wildman–Crippen MR) is 111 cm³/mol. The average Bonchev–Trinajstić information content (AvgIpc) is 2.62. The van der Waals surface area contributed by atoms with Crippen molar-refractivity contribution in [1.82, 2.24) is 5.06 Å². The molecule has 158 valence electrons. The van der Waals surface area contributed by atoms with E-state index in [1.807, 2.05) is 0 Å². The summed E-state index contributed by atoms with van der Waals surface area (Å²) in [7, 11) is 0.761. The van der Waals surface area contributed by atoms with E-state index in [-0.39, 0.29) is 11.7 Å². The van der Waals surface area contributed by atoms with Gasteiger partial charge >= 0.3 is 0 Å². The zero-order valence-electron chi connectivity index (χ0n) is 18.4. The number of nitrogens with zero attached hydrogens (tertiary/aromatic N) is 1. The van der Waals surface area contributed by atoms with Crippen LogP contribution in [0.1, 0.15) is 54.4 Å². The Morgan fingerprint density at radius 2 is 1.64 bits per heavy atom. The molecule has 1 saturated heterocycles. The van der Waals surface area contributed by atoms with Crippen molar-refractivity contribution in [2.24, 2.45) is 0 Å². The molecule has 6 nitrogen and oxygen atoms in total. The lowest BCUT2D eigenvalue weighted by Crippen LogP contribution is -2.62. The molecule has 2 atom stereocenters. The number of rotatable bonds is 7. The number of amides is 1. The Morgan fingerprint density at radius 1 is 1.07 bits per heavy atom. The van der Waals surface area contributed by atoms with Crippen LogP contribution in [0.15, 0.2) is 24.0 Å². The molecule has 0 aromatic rings. The van der Waals surface area contributed by atoms with E-state index in [0.29, 0.717) is 35.2 Å². The van der Waals surface area contributed by atoms with Gasteiger partial charge < -0.3 is 9.16 Å². The third kappa shape index (κ3) is 3.60. The first kappa shape index (κ1) is 22.8. The number of allylic oxidation sites excluding steroid dienone is 2. The molecule has 2 aliphatic rings. The second-order valence-electron chi connectivity index (χ2n) is 8.65. The molecule has 0 saturated carbocycles. The van der Waals surface area contributed by atoms with E-state index in [1.54, 1.807) is 6.08 Å². The maximum atomic E-state index is 13.4. The summed E-state index contributed by atoms with van der Waals surface area (Å²) in [6, 6.07) is 0. The molecule has 0 unspecified atom stereocenters. The van der Waals surface area contributed by atoms with Gasteiger partial charge in [0.15, 0.2) is 5.78 Å². The number of carbonyl (C=O) groups excluding carboxylic acids is 2. The fraction of sp³-hybridized carbons (Fsp3) is 0.714. The molecule has 28 heavy (non-hydrogen) atoms. The SMILES string of the molecule is COC1=CC(=O)C=C[C@]12CC[C@@H](O[Si](C(C)C)(C(C)C)C(C)C)C(=O)N2OC. The number of ether oxygens (including phenoxy) is 1. The third-order valence-corrected chi connectivity index (χ3v) is 12.4. The Balaban J connectivity index is 2.39. The molecule has 0 aromatic carbocycles. The summed E-state index contributed by atoms with van der Waals surface area (Å²) in [6.45, 7) is 13.2. The quantitative estimate of drug-likeness (QED) is 0.591. The van der Waals surface area contributed by atoms with Gasteiger partial charge in [0.25, 0.3) is 5.91 Å². The van der Waals surface area contributed by atoms with Gasteiger partial charge in [0.05, 0.1) is 14.2 Å². The average molecular weight is 410 g/mol. The van der Waals surface area contributed by atoms with Gasteiger partial charge in [-0.3, -0.25) is 14.4 Å². The first-order valence-corrected chi connectivity index (χ1v) is 12.3. The molecule has 1 spiro atoms. The monoisotopic (exact) mass is 409 g/mol. The molecule has 1 amide bonds. The van der Waals surface area contributed by atoms with Crippen LogP contribution in [0.5, 0.6) is 0 Å². The molecule has 1 aliphatic heterocycles. The molecule has 0 radical (unpaired) electrons. The zero-order chi connectivity index (χ0) is 21.3. The Hall–Kier alpha value is -1.44. The second kappa shape index (κ2) is 8.51. The summed E-state index contributed by atoms with van der Waals surface area (Å²) in [6.07, 6.45) is 5.18. The van der Waals surface area contributed by atoms with Gasteiger partial charge in [-0.15, -0.1) is 0 Å². The number of methoxy groups -OCH3 is 1. The maximum Gasteiger partial charge on any atom is 0.275 e. The van der Waals surface area contributed by atoms with Gasteiger partial charge in [0.2, 0.25) is 8.32 Å². The first-order chi connectivity index (χ1) is 13.1. The fourth-order valence-electron chi connectivity index (χ4n) is 5.13. The van der Waals surface area contributed by atoms with Crippen LogP contribution >= 0.6 is 0 Å². The van der Waals surface area contributed by atoms with Crippen LogP contribution in [0.4, 0.5) is 0 Å². The highest BCUT2D eigenvalue weighted by molar-refractivity contribution is 6.77. The van der Waals surface area contributed by atoms with E-state index < -0.39 is 20.0 Å². The lowest BCUT2D eigenvalue weighted by molar-refractivity contribution is -0.218. The zero-order valence-corrected chi connectivity index (χ0v) is 19.4. The van der Waals surface area contributed by atoms with E-state index in [2.05, 4.69) is 41.5 Å². The highest BCUT2D eigenvalue weighted by Gasteiger charge is 2.54. The van der Waals surface area contributed by atoms with Crippen molar-refractivity contribution in [2.75, 3.05) is 14.2 Å². The number of piperidine rings is 1. The predicted octanol–water partition coefficient (Wildman–Crippen LogP) is 4.14. The summed E-state index contributed by atoms with van der Waals surface area (Å²) < 4.78 is 12.2. The van der Waals surface area contributed by atoms with E-state index >= 15 is 0 Å². The van der Waals surface area contributed by atoms with Crippen LogP contribution < -0.4 is 0 Å². The van der Waals surface area contributed by atoms with Gasteiger partial charge in [0.1, 0.15) is 17.4 Å². The molecule has 1 aliphatic carbocycles. The Morgan fingerprint density at radius 3 is 2.11 bits per heavy atom. The van der Waals surface area contributed by atoms with Gasteiger partial charge in [-0.05, 0) is 41.6 Å². The summed E-state index contributed by atoms with van der Waals surface area (Å²) in [5, 5.41) is 1.33. The van der Waals surface area contributed by atoms with Gasteiger partial charge in [0, 0.05) is 6.08 Å². The lowest BCUT2D eigenvalue weighted by atomic mass is 9.82. The van der Waals surface area contributed by atoms with Gasteiger partial charge in [-0.1, -0.05) is 41.5 Å². The smallest absolute Gasteiger partial charge is 0.275 e. The van der Waals surface area contributed by atoms with Gasteiger partial charge in [-0.2, -0.15) is 0 Å². The van der Waals surface area contributed by atoms with E-state index in [0.717, 1.165) is 0 Å². The lowest BCUT2D eigenvalue weighted by Gasteiger charge is -2.50. The van der Waals surface area contributed by atoms with Crippen LogP contribution in [-0.2, 0) is 23.6 Å². The van der Waals surface area contributed by atoms with Crippen LogP contribution in [0.25, 0.3) is 0 Å². The number of hydrogen-bond donors (Lipinski definition) is 0. The molecule has 1 fully saturated rings. The van der Waals surface area contributed by atoms with Gasteiger partial charge in [-0.25, -0.2) is 5.06 Å². The van der Waals surface area contributed by atoms with E-state index in [4.69, 9.17) is 14.0 Å². The fourth-order valence-corrected chi connectivity index (χ4v) is 10.7. The molecule has 0 aromatic heterocycles. The largest absolute Gasteiger partial charge is 0.498 e. The number of hydrogen-bond acceptors (Lipinski definition) is 5. The summed E-state index contributed by atoms with van der Waals surface area (Å²) in [4.78, 5) is 30.7. The van der Waals surface area contributed by atoms with Crippen molar-refractivity contribution in [3.05, 3.63) is 24.0 Å². The normalized spacial score (nSPS) is 26.0. The Bertz CT molecular complexity index is 648. The van der Waals surface area contributed by atoms with Crippen LogP contribution in [0.3, 0.4) is 0 Å². The van der Waals surface area contributed by atoms with Crippen molar-refractivity contribution in [3.63, 3.8) is 0 Å². The minimum atomic E-state index is -2.22. The summed E-state index contributed by atoms with van der Waals surface area (Å²) >= 11 is 0. The number of hydroxylamine groups is 2. The van der Waals surface area contributed by atoms with Crippen molar-refractivity contribution < 1.29 is 23.6 Å². The van der Waals surface area contributed by atoms with Crippen molar-refractivity contribution >= 4 is 20.0 Å². The Labute approximate surface area is 170 Å². The molecule has 0 bridgehead atoms. The van der Waals surface area contributed by atoms with Crippen molar-refractivity contribution in [1.29, 1.82) is 0 Å². The summed E-state index contributed by atoms with van der Waals surface area (Å²) in [5.41, 5.74) is 0.253. The standard InChI is InChI=1S/C21H35NO5Si/c1-14(2)28(15(3)4,16(5)6)27-18-10-12-21(22(26-8)20(18)24)11-9-17(23)13-19(21)25-7/h9,11,13-16,18H,10,12H2,1-8H3/t18-,21+/m1/s1. The molecular formula is C21H35NO5Si. The minimum absolute atomic E-state index is 0.157. The highest BCUT2D eigenvalue weighted by Crippen LogP contribution is 2.46. The van der Waals surface area contributed by atoms with Crippen molar-refractivity contribution in [3.8, 4) is 0 Å². The second-order valence-corrected chi connectivity index (χ2v) is 14.1. The van der Waals surface area contributed by atoms with Crippen molar-refractivity contribution in [2.45, 2.75) is 82.7 Å². The van der Waals surface area contributed by atoms with E-state index in [9.17, 15) is 9.59 Å². The van der Waals surface area contributed by atoms with Crippen LogP contribution in [0, 0.1) is 0 Å². The first-order valence-electron chi connectivity index (χ1n) is 10.1. The maximum absolute atomic E-state index is 13.4. The number of ketones is 1. The third-order valence-electron chi connectivity index (χ3n) is 6.31. The topological polar surface area (TPSA) is 65.1 Å². The minimum Gasteiger partial charge on any atom is -0.498 e. The molecular weight excluding hydrogens is 374 g/mol. The van der Waals surface area contributed by atoms with Crippen LogP contribution in [0.2, 0.25) is 16.6 Å².